The van der Waals surface area contributed by atoms with Crippen LogP contribution in [0.1, 0.15) is 18.4 Å². The van der Waals surface area contributed by atoms with Crippen molar-refractivity contribution >= 4 is 16.9 Å². The first-order chi connectivity index (χ1) is 12.3. The van der Waals surface area contributed by atoms with Gasteiger partial charge in [0.2, 0.25) is 0 Å². The molecule has 0 aliphatic carbocycles. The molecule has 3 heterocycles. The number of anilines is 1. The molecule has 0 amide bonds. The van der Waals surface area contributed by atoms with Crippen LogP contribution in [-0.4, -0.2) is 39.6 Å². The topological polar surface area (TPSA) is 64.0 Å². The summed E-state index contributed by atoms with van der Waals surface area (Å²) >= 11 is 0. The van der Waals surface area contributed by atoms with Gasteiger partial charge in [-0.1, -0.05) is 12.1 Å². The maximum atomic E-state index is 5.77. The summed E-state index contributed by atoms with van der Waals surface area (Å²) in [5.74, 6) is 1.38. The van der Waals surface area contributed by atoms with Gasteiger partial charge in [0, 0.05) is 31.4 Å². The van der Waals surface area contributed by atoms with Gasteiger partial charge < -0.3 is 9.64 Å². The summed E-state index contributed by atoms with van der Waals surface area (Å²) in [6.07, 6.45) is 7.69. The zero-order chi connectivity index (χ0) is 17.1. The number of benzene rings is 1. The quantitative estimate of drug-likeness (QED) is 0.730. The SMILES string of the molecule is Cc1cnc(OCC2CCCN(c3cnc4ccccc4n3)C2)nc1. The van der Waals surface area contributed by atoms with Gasteiger partial charge in [0.05, 0.1) is 23.8 Å². The maximum Gasteiger partial charge on any atom is 0.316 e. The number of hydrogen-bond acceptors (Lipinski definition) is 6. The van der Waals surface area contributed by atoms with E-state index in [-0.39, 0.29) is 0 Å². The molecule has 6 heteroatoms. The molecule has 0 bridgehead atoms. The maximum absolute atomic E-state index is 5.77. The van der Waals surface area contributed by atoms with Crippen molar-refractivity contribution in [3.05, 3.63) is 48.4 Å². The largest absolute Gasteiger partial charge is 0.463 e. The number of para-hydroxylation sites is 2. The van der Waals surface area contributed by atoms with E-state index in [0.29, 0.717) is 18.5 Å². The number of aromatic nitrogens is 4. The molecule has 2 aromatic heterocycles. The van der Waals surface area contributed by atoms with E-state index in [4.69, 9.17) is 9.72 Å². The zero-order valence-electron chi connectivity index (χ0n) is 14.3. The van der Waals surface area contributed by atoms with E-state index < -0.39 is 0 Å². The van der Waals surface area contributed by atoms with Gasteiger partial charge in [0.25, 0.3) is 0 Å². The molecule has 1 aliphatic heterocycles. The molecule has 0 radical (unpaired) electrons. The third-order valence-corrected chi connectivity index (χ3v) is 4.48. The number of nitrogens with zero attached hydrogens (tertiary/aromatic N) is 5. The average molecular weight is 335 g/mol. The van der Waals surface area contributed by atoms with Crippen LogP contribution in [-0.2, 0) is 0 Å². The van der Waals surface area contributed by atoms with Crippen molar-refractivity contribution in [3.8, 4) is 6.01 Å². The number of rotatable bonds is 4. The highest BCUT2D eigenvalue weighted by Gasteiger charge is 2.22. The van der Waals surface area contributed by atoms with Gasteiger partial charge in [-0.25, -0.2) is 15.0 Å². The minimum Gasteiger partial charge on any atom is -0.463 e. The highest BCUT2D eigenvalue weighted by molar-refractivity contribution is 5.75. The molecule has 1 saturated heterocycles. The number of fused-ring (bicyclic) bond motifs is 1. The first-order valence-electron chi connectivity index (χ1n) is 8.66. The van der Waals surface area contributed by atoms with Crippen molar-refractivity contribution in [1.29, 1.82) is 0 Å². The van der Waals surface area contributed by atoms with E-state index in [1.807, 2.05) is 37.4 Å². The van der Waals surface area contributed by atoms with E-state index in [1.165, 1.54) is 0 Å². The molecule has 4 rings (SSSR count). The Kier molecular flexibility index (Phi) is 4.41. The van der Waals surface area contributed by atoms with Crippen LogP contribution < -0.4 is 9.64 Å². The molecule has 0 N–H and O–H groups in total. The monoisotopic (exact) mass is 335 g/mol. The van der Waals surface area contributed by atoms with Crippen molar-refractivity contribution < 1.29 is 4.74 Å². The van der Waals surface area contributed by atoms with Gasteiger partial charge in [0.15, 0.2) is 0 Å². The number of aryl methyl sites for hydroxylation is 1. The van der Waals surface area contributed by atoms with Crippen LogP contribution in [0.4, 0.5) is 5.82 Å². The fourth-order valence-corrected chi connectivity index (χ4v) is 3.16. The molecule has 25 heavy (non-hydrogen) atoms. The summed E-state index contributed by atoms with van der Waals surface area (Å²) in [7, 11) is 0. The molecule has 6 nitrogen and oxygen atoms in total. The van der Waals surface area contributed by atoms with Gasteiger partial charge in [-0.2, -0.15) is 0 Å². The van der Waals surface area contributed by atoms with Crippen molar-refractivity contribution in [2.24, 2.45) is 5.92 Å². The second-order valence-corrected chi connectivity index (χ2v) is 6.53. The molecule has 0 saturated carbocycles. The number of piperidine rings is 1. The standard InChI is InChI=1S/C19H21N5O/c1-14-9-21-19(22-10-14)25-13-15-5-4-8-24(12-15)18-11-20-16-6-2-3-7-17(16)23-18/h2-3,6-7,9-11,15H,4-5,8,12-13H2,1H3. The predicted octanol–water partition coefficient (Wildman–Crippen LogP) is 3.02. The third kappa shape index (κ3) is 3.68. The Balaban J connectivity index is 1.42. The normalized spacial score (nSPS) is 17.6. The Morgan fingerprint density at radius 2 is 1.88 bits per heavy atom. The molecule has 1 aliphatic rings. The second-order valence-electron chi connectivity index (χ2n) is 6.53. The van der Waals surface area contributed by atoms with E-state index in [2.05, 4.69) is 19.9 Å². The van der Waals surface area contributed by atoms with Crippen LogP contribution >= 0.6 is 0 Å². The molecule has 1 atom stereocenters. The lowest BCUT2D eigenvalue weighted by Gasteiger charge is -2.33. The van der Waals surface area contributed by atoms with Gasteiger partial charge in [0.1, 0.15) is 5.82 Å². The number of hydrogen-bond donors (Lipinski definition) is 0. The van der Waals surface area contributed by atoms with Crippen LogP contribution in [0.25, 0.3) is 11.0 Å². The summed E-state index contributed by atoms with van der Waals surface area (Å²) in [4.78, 5) is 20.0. The van der Waals surface area contributed by atoms with Crippen molar-refractivity contribution in [3.63, 3.8) is 0 Å². The lowest BCUT2D eigenvalue weighted by molar-refractivity contribution is 0.213. The van der Waals surface area contributed by atoms with Gasteiger partial charge in [-0.15, -0.1) is 0 Å². The van der Waals surface area contributed by atoms with Crippen molar-refractivity contribution in [2.45, 2.75) is 19.8 Å². The Bertz CT molecular complexity index is 852. The third-order valence-electron chi connectivity index (χ3n) is 4.48. The Labute approximate surface area is 146 Å². The molecule has 3 aromatic rings. The van der Waals surface area contributed by atoms with Crippen LogP contribution in [0.15, 0.2) is 42.9 Å². The zero-order valence-corrected chi connectivity index (χ0v) is 14.3. The minimum atomic E-state index is 0.437. The van der Waals surface area contributed by atoms with E-state index in [9.17, 15) is 0 Å². The molecule has 1 aromatic carbocycles. The summed E-state index contributed by atoms with van der Waals surface area (Å²) in [5, 5.41) is 0. The highest BCUT2D eigenvalue weighted by Crippen LogP contribution is 2.23. The molecular weight excluding hydrogens is 314 g/mol. The van der Waals surface area contributed by atoms with Gasteiger partial charge in [-0.3, -0.25) is 4.98 Å². The molecular formula is C19H21N5O. The summed E-state index contributed by atoms with van der Waals surface area (Å²) in [6.45, 7) is 4.51. The highest BCUT2D eigenvalue weighted by atomic mass is 16.5. The van der Waals surface area contributed by atoms with E-state index in [0.717, 1.165) is 48.3 Å². The fraction of sp³-hybridized carbons (Fsp3) is 0.368. The minimum absolute atomic E-state index is 0.437. The summed E-state index contributed by atoms with van der Waals surface area (Å²) < 4.78 is 5.77. The first kappa shape index (κ1) is 15.7. The Morgan fingerprint density at radius 3 is 2.72 bits per heavy atom. The molecule has 0 spiro atoms. The van der Waals surface area contributed by atoms with Gasteiger partial charge in [-0.05, 0) is 37.5 Å². The molecule has 128 valence electrons. The van der Waals surface area contributed by atoms with Crippen LogP contribution in [0.2, 0.25) is 0 Å². The van der Waals surface area contributed by atoms with Crippen molar-refractivity contribution in [2.75, 3.05) is 24.6 Å². The smallest absolute Gasteiger partial charge is 0.316 e. The summed E-state index contributed by atoms with van der Waals surface area (Å²) in [6, 6.07) is 8.42. The lowest BCUT2D eigenvalue weighted by atomic mass is 9.99. The Hall–Kier alpha value is -2.76. The molecule has 1 unspecified atom stereocenters. The second kappa shape index (κ2) is 7.01. The predicted molar refractivity (Wildman–Crippen MR) is 96.7 cm³/mol. The van der Waals surface area contributed by atoms with Gasteiger partial charge >= 0.3 is 6.01 Å². The van der Waals surface area contributed by atoms with Crippen molar-refractivity contribution in [1.82, 2.24) is 19.9 Å². The van der Waals surface area contributed by atoms with Crippen LogP contribution in [0, 0.1) is 12.8 Å². The van der Waals surface area contributed by atoms with Crippen LogP contribution in [0.3, 0.4) is 0 Å². The van der Waals surface area contributed by atoms with E-state index in [1.54, 1.807) is 12.4 Å². The first-order valence-corrected chi connectivity index (χ1v) is 8.66. The Morgan fingerprint density at radius 1 is 1.08 bits per heavy atom. The average Bonchev–Trinajstić information content (AvgIpc) is 2.67. The van der Waals surface area contributed by atoms with E-state index >= 15 is 0 Å². The van der Waals surface area contributed by atoms with Crippen LogP contribution in [0.5, 0.6) is 6.01 Å². The molecule has 1 fully saturated rings. The lowest BCUT2D eigenvalue weighted by Crippen LogP contribution is -2.38. The number of ether oxygens (including phenoxy) is 1. The fourth-order valence-electron chi connectivity index (χ4n) is 3.16. The summed E-state index contributed by atoms with van der Waals surface area (Å²) in [5.41, 5.74) is 2.90.